The Balaban J connectivity index is 1.62. The van der Waals surface area contributed by atoms with Gasteiger partial charge >= 0.3 is 0 Å². The number of pyridine rings is 1. The first-order valence-corrected chi connectivity index (χ1v) is 11.2. The van der Waals surface area contributed by atoms with Crippen molar-refractivity contribution in [3.63, 3.8) is 0 Å². The van der Waals surface area contributed by atoms with Gasteiger partial charge in [0.1, 0.15) is 11.9 Å². The lowest BCUT2D eigenvalue weighted by atomic mass is 10.0. The number of hydrogen-bond acceptors (Lipinski definition) is 6. The van der Waals surface area contributed by atoms with Crippen LogP contribution in [0.1, 0.15) is 57.9 Å². The minimum absolute atomic E-state index is 0.128. The molecule has 1 aromatic carbocycles. The van der Waals surface area contributed by atoms with Gasteiger partial charge in [0.05, 0.1) is 41.2 Å². The average Bonchev–Trinajstić information content (AvgIpc) is 2.81. The van der Waals surface area contributed by atoms with Gasteiger partial charge in [-0.25, -0.2) is 15.0 Å². The van der Waals surface area contributed by atoms with E-state index in [9.17, 15) is 9.59 Å². The molecule has 172 valence electrons. The van der Waals surface area contributed by atoms with Crippen LogP contribution >= 0.6 is 0 Å². The third-order valence-electron chi connectivity index (χ3n) is 5.67. The Hall–Kier alpha value is -3.39. The van der Waals surface area contributed by atoms with E-state index >= 15 is 0 Å². The molecule has 1 aliphatic heterocycles. The predicted octanol–water partition coefficient (Wildman–Crippen LogP) is 3.24. The third kappa shape index (κ3) is 5.01. The number of rotatable bonds is 5. The second-order valence-corrected chi connectivity index (χ2v) is 8.74. The maximum absolute atomic E-state index is 13.2. The van der Waals surface area contributed by atoms with Gasteiger partial charge in [0.25, 0.3) is 11.8 Å². The van der Waals surface area contributed by atoms with Crippen molar-refractivity contribution in [2.24, 2.45) is 5.92 Å². The Morgan fingerprint density at radius 3 is 2.73 bits per heavy atom. The molecular formula is C25H29N5O3. The van der Waals surface area contributed by atoms with Crippen molar-refractivity contribution in [3.05, 3.63) is 64.9 Å². The smallest absolute Gasteiger partial charge is 0.257 e. The van der Waals surface area contributed by atoms with Crippen LogP contribution in [-0.4, -0.2) is 57.9 Å². The first kappa shape index (κ1) is 22.8. The van der Waals surface area contributed by atoms with E-state index in [1.54, 1.807) is 24.1 Å². The topological polar surface area (TPSA) is 97.3 Å². The van der Waals surface area contributed by atoms with Gasteiger partial charge in [-0.05, 0) is 31.9 Å². The quantitative estimate of drug-likeness (QED) is 0.645. The monoisotopic (exact) mass is 447 g/mol. The van der Waals surface area contributed by atoms with Crippen LogP contribution in [0, 0.1) is 19.8 Å². The number of carbonyl (C=O) groups is 2. The summed E-state index contributed by atoms with van der Waals surface area (Å²) in [5.41, 5.74) is 3.06. The van der Waals surface area contributed by atoms with Crippen molar-refractivity contribution < 1.29 is 14.3 Å². The first-order valence-electron chi connectivity index (χ1n) is 11.2. The first-order chi connectivity index (χ1) is 15.8. The van der Waals surface area contributed by atoms with Crippen LogP contribution < -0.4 is 5.32 Å². The number of nitrogens with one attached hydrogen (secondary N) is 1. The molecule has 1 N–H and O–H groups in total. The summed E-state index contributed by atoms with van der Waals surface area (Å²) in [4.78, 5) is 41.1. The highest BCUT2D eigenvalue weighted by Gasteiger charge is 2.29. The van der Waals surface area contributed by atoms with E-state index < -0.39 is 6.10 Å². The second-order valence-electron chi connectivity index (χ2n) is 8.74. The van der Waals surface area contributed by atoms with Crippen molar-refractivity contribution in [1.29, 1.82) is 0 Å². The van der Waals surface area contributed by atoms with E-state index in [0.717, 1.165) is 10.9 Å². The zero-order valence-corrected chi connectivity index (χ0v) is 19.5. The predicted molar refractivity (Wildman–Crippen MR) is 125 cm³/mol. The van der Waals surface area contributed by atoms with Gasteiger partial charge in [0.2, 0.25) is 0 Å². The Kier molecular flexibility index (Phi) is 6.65. The number of amides is 2. The fourth-order valence-electron chi connectivity index (χ4n) is 3.92. The molecule has 0 bridgehead atoms. The van der Waals surface area contributed by atoms with Crippen LogP contribution in [0.5, 0.6) is 0 Å². The number of ether oxygens (including phenoxy) is 1. The highest BCUT2D eigenvalue weighted by Crippen LogP contribution is 2.27. The normalized spacial score (nSPS) is 16.3. The number of fused-ring (bicyclic) bond motifs is 1. The summed E-state index contributed by atoms with van der Waals surface area (Å²) < 4.78 is 5.99. The molecule has 1 saturated heterocycles. The van der Waals surface area contributed by atoms with Crippen LogP contribution in [0.25, 0.3) is 10.9 Å². The molecule has 1 aliphatic rings. The summed E-state index contributed by atoms with van der Waals surface area (Å²) in [6, 6.07) is 9.36. The molecule has 1 fully saturated rings. The van der Waals surface area contributed by atoms with Crippen LogP contribution in [0.2, 0.25) is 0 Å². The summed E-state index contributed by atoms with van der Waals surface area (Å²) in [5, 5.41) is 3.78. The molecule has 3 aromatic rings. The summed E-state index contributed by atoms with van der Waals surface area (Å²) in [6.07, 6.45) is 1.14. The lowest BCUT2D eigenvalue weighted by Crippen LogP contribution is -2.43. The molecular weight excluding hydrogens is 418 g/mol. The van der Waals surface area contributed by atoms with Gasteiger partial charge < -0.3 is 15.0 Å². The lowest BCUT2D eigenvalue weighted by Gasteiger charge is -2.33. The van der Waals surface area contributed by atoms with Crippen molar-refractivity contribution in [2.45, 2.75) is 33.8 Å². The molecule has 2 amide bonds. The highest BCUT2D eigenvalue weighted by atomic mass is 16.5. The minimum Gasteiger partial charge on any atom is -0.368 e. The molecule has 8 heteroatoms. The van der Waals surface area contributed by atoms with E-state index in [2.05, 4.69) is 29.1 Å². The van der Waals surface area contributed by atoms with Crippen molar-refractivity contribution in [2.75, 3.05) is 26.2 Å². The molecule has 33 heavy (non-hydrogen) atoms. The number of aromatic nitrogens is 3. The fourth-order valence-corrected chi connectivity index (χ4v) is 3.92. The van der Waals surface area contributed by atoms with Crippen LogP contribution in [-0.2, 0) is 4.74 Å². The third-order valence-corrected chi connectivity index (χ3v) is 5.67. The number of hydrogen-bond donors (Lipinski definition) is 1. The molecule has 4 rings (SSSR count). The second kappa shape index (κ2) is 9.62. The number of morpholine rings is 1. The van der Waals surface area contributed by atoms with Crippen molar-refractivity contribution in [1.82, 2.24) is 25.2 Å². The number of aryl methyl sites for hydroxylation is 2. The average molecular weight is 448 g/mol. The molecule has 3 heterocycles. The standard InChI is InChI=1S/C25H29N5O3/c1-15(2)12-27-24(31)19-11-22(29-21-8-6-5-7-18(19)21)23-14-30(9-10-33-23)25(32)20-13-26-17(4)28-16(20)3/h5-8,11,13,15,23H,9-10,12,14H2,1-4H3,(H,27,31)/t23-/m1/s1. The van der Waals surface area contributed by atoms with E-state index in [1.165, 1.54) is 0 Å². The largest absolute Gasteiger partial charge is 0.368 e. The Labute approximate surface area is 193 Å². The summed E-state index contributed by atoms with van der Waals surface area (Å²) in [6.45, 7) is 9.50. The van der Waals surface area contributed by atoms with Gasteiger partial charge in [-0.3, -0.25) is 9.59 Å². The number of carbonyl (C=O) groups excluding carboxylic acids is 2. The molecule has 1 atom stereocenters. The summed E-state index contributed by atoms with van der Waals surface area (Å²) >= 11 is 0. The lowest BCUT2D eigenvalue weighted by molar-refractivity contribution is -0.0246. The zero-order valence-electron chi connectivity index (χ0n) is 19.5. The SMILES string of the molecule is Cc1ncc(C(=O)N2CCO[C@@H](c3cc(C(=O)NCC(C)C)c4ccccc4n3)C2)c(C)n1. The Bertz CT molecular complexity index is 1190. The fraction of sp³-hybridized carbons (Fsp3) is 0.400. The molecule has 0 radical (unpaired) electrons. The van der Waals surface area contributed by atoms with Crippen molar-refractivity contribution in [3.8, 4) is 0 Å². The van der Waals surface area contributed by atoms with Crippen molar-refractivity contribution >= 4 is 22.7 Å². The van der Waals surface area contributed by atoms with Gasteiger partial charge in [0.15, 0.2) is 0 Å². The van der Waals surface area contributed by atoms with Crippen LogP contribution in [0.4, 0.5) is 0 Å². The number of para-hydroxylation sites is 1. The molecule has 0 spiro atoms. The molecule has 0 unspecified atom stereocenters. The molecule has 8 nitrogen and oxygen atoms in total. The maximum atomic E-state index is 13.2. The highest BCUT2D eigenvalue weighted by molar-refractivity contribution is 6.06. The Morgan fingerprint density at radius 1 is 1.18 bits per heavy atom. The zero-order chi connectivity index (χ0) is 23.5. The van der Waals surface area contributed by atoms with E-state index in [-0.39, 0.29) is 11.8 Å². The van der Waals surface area contributed by atoms with E-state index in [0.29, 0.717) is 60.5 Å². The number of nitrogens with zero attached hydrogens (tertiary/aromatic N) is 4. The van der Waals surface area contributed by atoms with E-state index in [1.807, 2.05) is 31.2 Å². The van der Waals surface area contributed by atoms with Gasteiger partial charge in [0, 0.05) is 24.7 Å². The Morgan fingerprint density at radius 2 is 1.97 bits per heavy atom. The number of benzene rings is 1. The van der Waals surface area contributed by atoms with E-state index in [4.69, 9.17) is 9.72 Å². The molecule has 2 aromatic heterocycles. The summed E-state index contributed by atoms with van der Waals surface area (Å²) in [5.74, 6) is 0.709. The minimum atomic E-state index is -0.435. The van der Waals surface area contributed by atoms with Gasteiger partial charge in [-0.1, -0.05) is 32.0 Å². The summed E-state index contributed by atoms with van der Waals surface area (Å²) in [7, 11) is 0. The molecule has 0 saturated carbocycles. The molecule has 0 aliphatic carbocycles. The van der Waals surface area contributed by atoms with Crippen LogP contribution in [0.3, 0.4) is 0 Å². The maximum Gasteiger partial charge on any atom is 0.257 e. The van der Waals surface area contributed by atoms with Gasteiger partial charge in [-0.2, -0.15) is 0 Å². The van der Waals surface area contributed by atoms with Crippen LogP contribution in [0.15, 0.2) is 36.5 Å². The van der Waals surface area contributed by atoms with Gasteiger partial charge in [-0.15, -0.1) is 0 Å².